The number of Topliss-reactive ketones (excluding diaryl/α,β-unsaturated/α-hetero) is 2. The molecule has 0 radical (unpaired) electrons. The molecular weight excluding hydrogens is 212 g/mol. The van der Waals surface area contributed by atoms with Crippen LogP contribution in [0.1, 0.15) is 51.9 Å². The molecule has 0 N–H and O–H groups in total. The van der Waals surface area contributed by atoms with E-state index in [9.17, 15) is 9.59 Å². The zero-order valence-electron chi connectivity index (χ0n) is 10.6. The van der Waals surface area contributed by atoms with E-state index in [2.05, 4.69) is 6.58 Å². The van der Waals surface area contributed by atoms with E-state index in [1.54, 1.807) is 0 Å². The van der Waals surface area contributed by atoms with Gasteiger partial charge in [0.1, 0.15) is 5.78 Å². The molecule has 2 aliphatic rings. The molecule has 1 unspecified atom stereocenters. The molecule has 0 aliphatic heterocycles. The van der Waals surface area contributed by atoms with Gasteiger partial charge < -0.3 is 0 Å². The molecule has 0 aromatic carbocycles. The van der Waals surface area contributed by atoms with Crippen molar-refractivity contribution in [3.63, 3.8) is 0 Å². The molecule has 2 heteroatoms. The predicted octanol–water partition coefficient (Wildman–Crippen LogP) is 3.37. The van der Waals surface area contributed by atoms with E-state index in [1.165, 1.54) is 0 Å². The van der Waals surface area contributed by atoms with Crippen LogP contribution >= 0.6 is 0 Å². The van der Waals surface area contributed by atoms with E-state index in [-0.39, 0.29) is 11.2 Å². The number of ketones is 2. The number of carbonyl (C=O) groups excluding carboxylic acids is 2. The lowest BCUT2D eigenvalue weighted by Crippen LogP contribution is -2.38. The van der Waals surface area contributed by atoms with Gasteiger partial charge in [-0.05, 0) is 44.6 Å². The van der Waals surface area contributed by atoms with Crippen LogP contribution in [0.5, 0.6) is 0 Å². The lowest BCUT2D eigenvalue weighted by molar-refractivity contribution is -0.129. The highest BCUT2D eigenvalue weighted by Gasteiger charge is 2.44. The minimum Gasteiger partial charge on any atom is -0.299 e. The number of fused-ring (bicyclic) bond motifs is 1. The molecule has 2 rings (SSSR count). The fraction of sp³-hybridized carbons (Fsp3) is 0.600. The third-order valence-electron chi connectivity index (χ3n) is 4.26. The molecule has 92 valence electrons. The van der Waals surface area contributed by atoms with E-state index in [0.717, 1.165) is 43.3 Å². The van der Waals surface area contributed by atoms with Crippen LogP contribution in [0.25, 0.3) is 0 Å². The van der Waals surface area contributed by atoms with Crippen LogP contribution in [0.15, 0.2) is 23.8 Å². The second-order valence-corrected chi connectivity index (χ2v) is 5.32. The molecule has 0 spiro atoms. The van der Waals surface area contributed by atoms with Gasteiger partial charge in [-0.1, -0.05) is 11.6 Å². The standard InChI is InChI=1S/C15H20O2/c1-3-4-6-11-12-7-5-8-14(17)15(12,2)10-9-13(11)16/h3H,1,4-10H2,2H3. The van der Waals surface area contributed by atoms with Gasteiger partial charge in [-0.3, -0.25) is 9.59 Å². The van der Waals surface area contributed by atoms with E-state index < -0.39 is 0 Å². The summed E-state index contributed by atoms with van der Waals surface area (Å²) in [7, 11) is 0. The average molecular weight is 232 g/mol. The zero-order chi connectivity index (χ0) is 12.5. The summed E-state index contributed by atoms with van der Waals surface area (Å²) in [6.07, 6.45) is 7.22. The van der Waals surface area contributed by atoms with Gasteiger partial charge in [0.05, 0.1) is 0 Å². The summed E-state index contributed by atoms with van der Waals surface area (Å²) < 4.78 is 0. The molecule has 0 heterocycles. The fourth-order valence-corrected chi connectivity index (χ4v) is 3.14. The molecule has 0 amide bonds. The van der Waals surface area contributed by atoms with Crippen LogP contribution in [0.4, 0.5) is 0 Å². The summed E-state index contributed by atoms with van der Waals surface area (Å²) >= 11 is 0. The number of rotatable bonds is 3. The minimum absolute atomic E-state index is 0.258. The van der Waals surface area contributed by atoms with Gasteiger partial charge in [0.2, 0.25) is 0 Å². The van der Waals surface area contributed by atoms with Gasteiger partial charge in [0.25, 0.3) is 0 Å². The molecule has 2 aliphatic carbocycles. The summed E-state index contributed by atoms with van der Waals surface area (Å²) in [4.78, 5) is 24.1. The van der Waals surface area contributed by atoms with Gasteiger partial charge in [0, 0.05) is 18.3 Å². The molecule has 0 bridgehead atoms. The number of allylic oxidation sites excluding steroid dienone is 3. The van der Waals surface area contributed by atoms with E-state index in [4.69, 9.17) is 0 Å². The highest BCUT2D eigenvalue weighted by Crippen LogP contribution is 2.47. The average Bonchev–Trinajstić information content (AvgIpc) is 2.31. The van der Waals surface area contributed by atoms with Crippen molar-refractivity contribution >= 4 is 11.6 Å². The van der Waals surface area contributed by atoms with Crippen molar-refractivity contribution in [3.05, 3.63) is 23.8 Å². The molecule has 2 nitrogen and oxygen atoms in total. The summed E-state index contributed by atoms with van der Waals surface area (Å²) in [6, 6.07) is 0. The summed E-state index contributed by atoms with van der Waals surface area (Å²) in [6.45, 7) is 5.74. The lowest BCUT2D eigenvalue weighted by Gasteiger charge is -2.39. The Balaban J connectivity index is 2.40. The smallest absolute Gasteiger partial charge is 0.158 e. The highest BCUT2D eigenvalue weighted by molar-refractivity contribution is 6.01. The maximum absolute atomic E-state index is 12.1. The lowest BCUT2D eigenvalue weighted by atomic mass is 9.62. The summed E-state index contributed by atoms with van der Waals surface area (Å²) in [5.74, 6) is 0.594. The van der Waals surface area contributed by atoms with Crippen LogP contribution < -0.4 is 0 Å². The van der Waals surface area contributed by atoms with E-state index in [1.807, 2.05) is 13.0 Å². The zero-order valence-corrected chi connectivity index (χ0v) is 10.6. The first kappa shape index (κ1) is 12.3. The van der Waals surface area contributed by atoms with Crippen molar-refractivity contribution in [2.45, 2.75) is 51.9 Å². The first-order chi connectivity index (χ1) is 8.09. The Morgan fingerprint density at radius 2 is 2.06 bits per heavy atom. The SMILES string of the molecule is C=CCCC1=C2CCCC(=O)C2(C)CCC1=O. The van der Waals surface area contributed by atoms with Crippen molar-refractivity contribution in [1.82, 2.24) is 0 Å². The first-order valence-corrected chi connectivity index (χ1v) is 6.49. The monoisotopic (exact) mass is 232 g/mol. The molecule has 17 heavy (non-hydrogen) atoms. The van der Waals surface area contributed by atoms with E-state index in [0.29, 0.717) is 18.6 Å². The summed E-state index contributed by atoms with van der Waals surface area (Å²) in [5.41, 5.74) is 1.75. The van der Waals surface area contributed by atoms with Gasteiger partial charge in [0.15, 0.2) is 5.78 Å². The first-order valence-electron chi connectivity index (χ1n) is 6.49. The normalized spacial score (nSPS) is 29.2. The van der Waals surface area contributed by atoms with Crippen molar-refractivity contribution in [1.29, 1.82) is 0 Å². The van der Waals surface area contributed by atoms with Crippen LogP contribution in [-0.2, 0) is 9.59 Å². The van der Waals surface area contributed by atoms with Gasteiger partial charge in [-0.2, -0.15) is 0 Å². The molecular formula is C15H20O2. The van der Waals surface area contributed by atoms with Crippen LogP contribution in [-0.4, -0.2) is 11.6 Å². The Hall–Kier alpha value is -1.18. The Morgan fingerprint density at radius 1 is 1.29 bits per heavy atom. The minimum atomic E-state index is -0.331. The number of hydrogen-bond donors (Lipinski definition) is 0. The highest BCUT2D eigenvalue weighted by atomic mass is 16.1. The van der Waals surface area contributed by atoms with Gasteiger partial charge in [-0.25, -0.2) is 0 Å². The number of carbonyl (C=O) groups is 2. The fourth-order valence-electron chi connectivity index (χ4n) is 3.14. The molecule has 1 atom stereocenters. The second-order valence-electron chi connectivity index (χ2n) is 5.32. The predicted molar refractivity (Wildman–Crippen MR) is 67.7 cm³/mol. The maximum Gasteiger partial charge on any atom is 0.158 e. The Morgan fingerprint density at radius 3 is 2.76 bits per heavy atom. The van der Waals surface area contributed by atoms with E-state index >= 15 is 0 Å². The van der Waals surface area contributed by atoms with Crippen LogP contribution in [0, 0.1) is 5.41 Å². The van der Waals surface area contributed by atoms with Gasteiger partial charge in [-0.15, -0.1) is 6.58 Å². The van der Waals surface area contributed by atoms with Crippen LogP contribution in [0.3, 0.4) is 0 Å². The topological polar surface area (TPSA) is 34.1 Å². The Bertz CT molecular complexity index is 403. The molecule has 0 aromatic heterocycles. The third-order valence-corrected chi connectivity index (χ3v) is 4.26. The molecule has 1 fully saturated rings. The van der Waals surface area contributed by atoms with Crippen molar-refractivity contribution < 1.29 is 9.59 Å². The van der Waals surface area contributed by atoms with Gasteiger partial charge >= 0.3 is 0 Å². The second kappa shape index (κ2) is 4.59. The van der Waals surface area contributed by atoms with Crippen molar-refractivity contribution in [2.75, 3.05) is 0 Å². The van der Waals surface area contributed by atoms with Crippen molar-refractivity contribution in [2.24, 2.45) is 5.41 Å². The Labute approximate surface area is 103 Å². The Kier molecular flexibility index (Phi) is 3.32. The quantitative estimate of drug-likeness (QED) is 0.699. The van der Waals surface area contributed by atoms with Crippen molar-refractivity contribution in [3.8, 4) is 0 Å². The molecule has 0 saturated heterocycles. The largest absolute Gasteiger partial charge is 0.299 e. The molecule has 0 aromatic rings. The number of hydrogen-bond acceptors (Lipinski definition) is 2. The molecule has 1 saturated carbocycles. The maximum atomic E-state index is 12.1. The van der Waals surface area contributed by atoms with Crippen LogP contribution in [0.2, 0.25) is 0 Å². The third kappa shape index (κ3) is 2.01. The summed E-state index contributed by atoms with van der Waals surface area (Å²) in [5, 5.41) is 0.